The van der Waals surface area contributed by atoms with Gasteiger partial charge in [-0.1, -0.05) is 61.0 Å². The van der Waals surface area contributed by atoms with E-state index in [4.69, 9.17) is 4.98 Å². The van der Waals surface area contributed by atoms with Crippen LogP contribution in [0.25, 0.3) is 22.2 Å². The van der Waals surface area contributed by atoms with Gasteiger partial charge >= 0.3 is 0 Å². The Labute approximate surface area is 230 Å². The molecule has 38 heavy (non-hydrogen) atoms. The molecule has 0 saturated carbocycles. The highest BCUT2D eigenvalue weighted by Crippen LogP contribution is 2.30. The molecule has 1 amide bonds. The number of non-ortho nitro benzene ring substituents is 1. The van der Waals surface area contributed by atoms with Crippen molar-refractivity contribution in [2.24, 2.45) is 0 Å². The number of aromatic nitrogens is 1. The molecule has 1 aliphatic rings. The summed E-state index contributed by atoms with van der Waals surface area (Å²) in [5, 5.41) is 11.8. The zero-order valence-electron chi connectivity index (χ0n) is 21.6. The van der Waals surface area contributed by atoms with Crippen LogP contribution in [-0.4, -0.2) is 46.9 Å². The van der Waals surface area contributed by atoms with Crippen molar-refractivity contribution in [1.29, 1.82) is 0 Å². The van der Waals surface area contributed by atoms with Crippen LogP contribution in [0, 0.1) is 10.1 Å². The van der Waals surface area contributed by atoms with Gasteiger partial charge in [-0.3, -0.25) is 14.9 Å². The lowest BCUT2D eigenvalue weighted by Crippen LogP contribution is -2.48. The van der Waals surface area contributed by atoms with Gasteiger partial charge < -0.3 is 9.80 Å². The van der Waals surface area contributed by atoms with E-state index in [-0.39, 0.29) is 17.0 Å². The molecule has 2 heterocycles. The number of nitro groups is 1. The number of amides is 1. The quantitative estimate of drug-likeness (QED) is 0.198. The predicted octanol–water partition coefficient (Wildman–Crippen LogP) is 6.83. The lowest BCUT2D eigenvalue weighted by atomic mass is 9.86. The highest BCUT2D eigenvalue weighted by molar-refractivity contribution is 9.10. The lowest BCUT2D eigenvalue weighted by molar-refractivity contribution is -0.384. The molecule has 1 saturated heterocycles. The third kappa shape index (κ3) is 5.27. The minimum atomic E-state index is -0.398. The minimum Gasteiger partial charge on any atom is -0.368 e. The predicted molar refractivity (Wildman–Crippen MR) is 155 cm³/mol. The number of pyridine rings is 1. The van der Waals surface area contributed by atoms with Gasteiger partial charge in [0.1, 0.15) is 0 Å². The summed E-state index contributed by atoms with van der Waals surface area (Å²) in [6.45, 7) is 8.98. The van der Waals surface area contributed by atoms with Crippen molar-refractivity contribution in [1.82, 2.24) is 9.88 Å². The fraction of sp³-hybridized carbons (Fsp3) is 0.267. The van der Waals surface area contributed by atoms with E-state index < -0.39 is 4.92 Å². The van der Waals surface area contributed by atoms with Gasteiger partial charge in [-0.05, 0) is 47.4 Å². The molecule has 0 spiro atoms. The zero-order chi connectivity index (χ0) is 27.0. The molecule has 1 fully saturated rings. The van der Waals surface area contributed by atoms with Crippen LogP contribution in [0.1, 0.15) is 36.7 Å². The Morgan fingerprint density at radius 2 is 1.58 bits per heavy atom. The van der Waals surface area contributed by atoms with Crippen molar-refractivity contribution < 1.29 is 9.72 Å². The van der Waals surface area contributed by atoms with Crippen LogP contribution in [0.3, 0.4) is 0 Å². The number of carbonyl (C=O) groups excluding carboxylic acids is 1. The number of rotatable bonds is 4. The Bertz CT molecular complexity index is 1500. The second-order valence-corrected chi connectivity index (χ2v) is 11.5. The van der Waals surface area contributed by atoms with Gasteiger partial charge in [0, 0.05) is 59.4 Å². The first kappa shape index (κ1) is 25.9. The van der Waals surface area contributed by atoms with E-state index in [0.717, 1.165) is 32.3 Å². The van der Waals surface area contributed by atoms with E-state index in [1.807, 2.05) is 29.2 Å². The van der Waals surface area contributed by atoms with E-state index in [1.54, 1.807) is 12.1 Å². The summed E-state index contributed by atoms with van der Waals surface area (Å²) in [5.41, 5.74) is 5.44. The molecule has 194 valence electrons. The number of benzene rings is 3. The molecule has 7 nitrogen and oxygen atoms in total. The Kier molecular flexibility index (Phi) is 6.92. The molecule has 0 bridgehead atoms. The number of piperazine rings is 1. The van der Waals surface area contributed by atoms with Crippen molar-refractivity contribution in [2.75, 3.05) is 31.1 Å². The summed E-state index contributed by atoms with van der Waals surface area (Å²) in [7, 11) is 0. The minimum absolute atomic E-state index is 0.0218. The van der Waals surface area contributed by atoms with Crippen LogP contribution < -0.4 is 4.90 Å². The zero-order valence-corrected chi connectivity index (χ0v) is 23.2. The van der Waals surface area contributed by atoms with E-state index in [9.17, 15) is 14.9 Å². The Morgan fingerprint density at radius 1 is 0.921 bits per heavy atom. The monoisotopic (exact) mass is 572 g/mol. The van der Waals surface area contributed by atoms with Crippen LogP contribution in [0.5, 0.6) is 0 Å². The van der Waals surface area contributed by atoms with Crippen LogP contribution >= 0.6 is 15.9 Å². The van der Waals surface area contributed by atoms with Gasteiger partial charge in [-0.2, -0.15) is 0 Å². The molecule has 0 radical (unpaired) electrons. The maximum atomic E-state index is 13.8. The first-order chi connectivity index (χ1) is 18.1. The number of nitro benzene ring substituents is 1. The average Bonchev–Trinajstić information content (AvgIpc) is 2.92. The molecule has 5 rings (SSSR count). The average molecular weight is 573 g/mol. The Morgan fingerprint density at radius 3 is 2.18 bits per heavy atom. The third-order valence-corrected chi connectivity index (χ3v) is 7.53. The molecule has 3 aromatic carbocycles. The van der Waals surface area contributed by atoms with Crippen molar-refractivity contribution in [2.45, 2.75) is 26.2 Å². The number of hydrogen-bond acceptors (Lipinski definition) is 5. The summed E-state index contributed by atoms with van der Waals surface area (Å²) >= 11 is 3.55. The smallest absolute Gasteiger partial charge is 0.269 e. The van der Waals surface area contributed by atoms with Crippen molar-refractivity contribution >= 4 is 44.1 Å². The normalized spacial score (nSPS) is 14.1. The highest BCUT2D eigenvalue weighted by Gasteiger charge is 2.25. The number of hydrogen-bond donors (Lipinski definition) is 0. The fourth-order valence-corrected chi connectivity index (χ4v) is 5.15. The first-order valence-corrected chi connectivity index (χ1v) is 13.4. The van der Waals surface area contributed by atoms with Gasteiger partial charge in [-0.15, -0.1) is 0 Å². The van der Waals surface area contributed by atoms with Crippen LogP contribution in [0.15, 0.2) is 77.3 Å². The van der Waals surface area contributed by atoms with Crippen molar-refractivity contribution in [3.63, 3.8) is 0 Å². The molecule has 0 unspecified atom stereocenters. The SMILES string of the molecule is CC(C)(C)c1ccc(-c2cc(C(=O)N3CCN(c4ccc([N+](=O)[O-])cc4)CC3)c3cc(Br)ccc3n2)cc1. The van der Waals surface area contributed by atoms with E-state index in [0.29, 0.717) is 31.7 Å². The standard InChI is InChI=1S/C30H29BrN4O3/c1-30(2,3)21-6-4-20(5-7-21)28-19-26(25-18-22(31)8-13-27(25)32-28)29(36)34-16-14-33(15-17-34)23-9-11-24(12-10-23)35(37)38/h4-13,18-19H,14-17H2,1-3H3. The summed E-state index contributed by atoms with van der Waals surface area (Å²) in [4.78, 5) is 33.3. The van der Waals surface area contributed by atoms with E-state index >= 15 is 0 Å². The third-order valence-electron chi connectivity index (χ3n) is 7.04. The number of fused-ring (bicyclic) bond motifs is 1. The first-order valence-electron chi connectivity index (χ1n) is 12.6. The molecular weight excluding hydrogens is 544 g/mol. The number of anilines is 1. The van der Waals surface area contributed by atoms with Crippen LogP contribution in [0.2, 0.25) is 0 Å². The number of halogens is 1. The van der Waals surface area contributed by atoms with Crippen LogP contribution in [0.4, 0.5) is 11.4 Å². The van der Waals surface area contributed by atoms with E-state index in [2.05, 4.69) is 65.9 Å². The van der Waals surface area contributed by atoms with Gasteiger partial charge in [-0.25, -0.2) is 4.98 Å². The summed E-state index contributed by atoms with van der Waals surface area (Å²) < 4.78 is 0.895. The molecule has 0 aliphatic carbocycles. The van der Waals surface area contributed by atoms with Crippen LogP contribution in [-0.2, 0) is 5.41 Å². The second-order valence-electron chi connectivity index (χ2n) is 10.6. The molecule has 1 aromatic heterocycles. The van der Waals surface area contributed by atoms with Gasteiger partial charge in [0.15, 0.2) is 0 Å². The highest BCUT2D eigenvalue weighted by atomic mass is 79.9. The summed E-state index contributed by atoms with van der Waals surface area (Å²) in [5.74, 6) is -0.0218. The van der Waals surface area contributed by atoms with Crippen molar-refractivity contribution in [3.05, 3.63) is 98.5 Å². The second kappa shape index (κ2) is 10.2. The van der Waals surface area contributed by atoms with Gasteiger partial charge in [0.05, 0.1) is 21.7 Å². The fourth-order valence-electron chi connectivity index (χ4n) is 4.79. The lowest BCUT2D eigenvalue weighted by Gasteiger charge is -2.36. The number of nitrogens with zero attached hydrogens (tertiary/aromatic N) is 4. The summed E-state index contributed by atoms with van der Waals surface area (Å²) in [6, 6.07) is 22.7. The topological polar surface area (TPSA) is 79.6 Å². The molecule has 8 heteroatoms. The summed E-state index contributed by atoms with van der Waals surface area (Å²) in [6.07, 6.45) is 0. The van der Waals surface area contributed by atoms with E-state index in [1.165, 1.54) is 17.7 Å². The van der Waals surface area contributed by atoms with Gasteiger partial charge in [0.2, 0.25) is 0 Å². The largest absolute Gasteiger partial charge is 0.368 e. The molecule has 0 atom stereocenters. The molecule has 1 aliphatic heterocycles. The molecular formula is C30H29BrN4O3. The Balaban J connectivity index is 1.42. The maximum absolute atomic E-state index is 13.8. The number of carbonyl (C=O) groups is 1. The molecule has 4 aromatic rings. The maximum Gasteiger partial charge on any atom is 0.269 e. The molecule has 0 N–H and O–H groups in total. The van der Waals surface area contributed by atoms with Gasteiger partial charge in [0.25, 0.3) is 11.6 Å². The Hall–Kier alpha value is -3.78. The van der Waals surface area contributed by atoms with Crippen molar-refractivity contribution in [3.8, 4) is 11.3 Å².